The lowest BCUT2D eigenvalue weighted by molar-refractivity contribution is -0.145. The maximum atomic E-state index is 12.0. The Bertz CT molecular complexity index is 1080. The van der Waals surface area contributed by atoms with Gasteiger partial charge in [-0.3, -0.25) is 19.3 Å². The zero-order valence-electron chi connectivity index (χ0n) is 14.7. The molecule has 0 bridgehead atoms. The van der Waals surface area contributed by atoms with E-state index in [0.717, 1.165) is 0 Å². The van der Waals surface area contributed by atoms with Crippen molar-refractivity contribution in [1.82, 2.24) is 4.72 Å². The van der Waals surface area contributed by atoms with Gasteiger partial charge in [-0.05, 0) is 36.8 Å². The fourth-order valence-electron chi connectivity index (χ4n) is 2.52. The molecular weight excluding hydrogens is 406 g/mol. The van der Waals surface area contributed by atoms with Gasteiger partial charge >= 0.3 is 5.97 Å². The number of amidine groups is 1. The molecular formula is C18H16ClN3O5S. The molecule has 1 amide bonds. The van der Waals surface area contributed by atoms with Gasteiger partial charge in [-0.15, -0.1) is 0 Å². The number of halogens is 1. The summed E-state index contributed by atoms with van der Waals surface area (Å²) in [5.74, 6) is -1.24. The van der Waals surface area contributed by atoms with E-state index in [2.05, 4.69) is 15.0 Å². The summed E-state index contributed by atoms with van der Waals surface area (Å²) in [6.45, 7) is 0.814. The highest BCUT2D eigenvalue weighted by molar-refractivity contribution is 7.90. The van der Waals surface area contributed by atoms with Gasteiger partial charge in [0.05, 0.1) is 4.90 Å². The average molecular weight is 422 g/mol. The molecule has 0 spiro atoms. The van der Waals surface area contributed by atoms with E-state index in [1.54, 1.807) is 43.3 Å². The Morgan fingerprint density at radius 1 is 1.18 bits per heavy atom. The van der Waals surface area contributed by atoms with Crippen LogP contribution in [0, 0.1) is 6.92 Å². The first-order chi connectivity index (χ1) is 13.3. The van der Waals surface area contributed by atoms with Gasteiger partial charge in [-0.25, -0.2) is 8.42 Å². The zero-order chi connectivity index (χ0) is 20.3. The number of anilines is 1. The number of nitrogens with one attached hydrogen (secondary N) is 2. The summed E-state index contributed by atoms with van der Waals surface area (Å²) in [7, 11) is -3.68. The molecule has 0 saturated heterocycles. The van der Waals surface area contributed by atoms with Gasteiger partial charge < -0.3 is 10.1 Å². The Balaban J connectivity index is 1.56. The number of esters is 1. The minimum absolute atomic E-state index is 0.0616. The second-order valence-corrected chi connectivity index (χ2v) is 7.95. The number of rotatable bonds is 5. The Kier molecular flexibility index (Phi) is 5.66. The van der Waals surface area contributed by atoms with Crippen LogP contribution >= 0.6 is 11.6 Å². The molecule has 2 N–H and O–H groups in total. The molecule has 0 unspecified atom stereocenters. The van der Waals surface area contributed by atoms with Gasteiger partial charge in [0.25, 0.3) is 15.9 Å². The third-order valence-electron chi connectivity index (χ3n) is 3.94. The molecule has 0 aliphatic carbocycles. The molecule has 28 heavy (non-hydrogen) atoms. The SMILES string of the molecule is Cc1c(Cl)cccc1NC(=O)COC(=O)CN=C1NS(=O)(=O)c2ccccc21. The van der Waals surface area contributed by atoms with E-state index in [4.69, 9.17) is 16.3 Å². The highest BCUT2D eigenvalue weighted by atomic mass is 35.5. The van der Waals surface area contributed by atoms with Crippen LogP contribution in [0.3, 0.4) is 0 Å². The number of carbonyl (C=O) groups is 2. The normalized spacial score (nSPS) is 15.6. The van der Waals surface area contributed by atoms with Crippen LogP contribution < -0.4 is 10.0 Å². The molecule has 0 radical (unpaired) electrons. The largest absolute Gasteiger partial charge is 0.454 e. The third kappa shape index (κ3) is 4.32. The van der Waals surface area contributed by atoms with Gasteiger partial charge in [0.2, 0.25) is 0 Å². The van der Waals surface area contributed by atoms with Crippen molar-refractivity contribution in [2.24, 2.45) is 4.99 Å². The molecule has 2 aromatic carbocycles. The minimum Gasteiger partial charge on any atom is -0.454 e. The molecule has 0 saturated carbocycles. The maximum absolute atomic E-state index is 12.0. The van der Waals surface area contributed by atoms with Gasteiger partial charge in [-0.2, -0.15) is 0 Å². The van der Waals surface area contributed by atoms with Crippen LogP contribution in [0.4, 0.5) is 5.69 Å². The number of hydrogen-bond donors (Lipinski definition) is 2. The van der Waals surface area contributed by atoms with Crippen LogP contribution in [0.5, 0.6) is 0 Å². The van der Waals surface area contributed by atoms with E-state index in [1.807, 2.05) is 0 Å². The summed E-state index contributed by atoms with van der Waals surface area (Å²) in [5, 5.41) is 3.10. The first-order valence-corrected chi connectivity index (χ1v) is 10.0. The lowest BCUT2D eigenvalue weighted by Gasteiger charge is -2.09. The van der Waals surface area contributed by atoms with Crippen molar-refractivity contribution in [3.05, 3.63) is 58.6 Å². The quantitative estimate of drug-likeness (QED) is 0.715. The third-order valence-corrected chi connectivity index (χ3v) is 5.74. The highest BCUT2D eigenvalue weighted by Crippen LogP contribution is 2.23. The summed E-state index contributed by atoms with van der Waals surface area (Å²) in [6.07, 6.45) is 0. The van der Waals surface area contributed by atoms with Gasteiger partial charge in [0.15, 0.2) is 6.61 Å². The van der Waals surface area contributed by atoms with Gasteiger partial charge in [-0.1, -0.05) is 29.8 Å². The van der Waals surface area contributed by atoms with Crippen molar-refractivity contribution >= 4 is 45.0 Å². The van der Waals surface area contributed by atoms with E-state index in [-0.39, 0.29) is 10.7 Å². The minimum atomic E-state index is -3.68. The van der Waals surface area contributed by atoms with Crippen LogP contribution in [0.15, 0.2) is 52.4 Å². The smallest absolute Gasteiger partial charge is 0.328 e. The number of hydrogen-bond acceptors (Lipinski definition) is 6. The molecule has 0 aromatic heterocycles. The Morgan fingerprint density at radius 3 is 2.71 bits per heavy atom. The van der Waals surface area contributed by atoms with Crippen molar-refractivity contribution in [1.29, 1.82) is 0 Å². The van der Waals surface area contributed by atoms with Crippen LogP contribution in [0.1, 0.15) is 11.1 Å². The first kappa shape index (κ1) is 19.8. The van der Waals surface area contributed by atoms with Crippen LogP contribution in [0.25, 0.3) is 0 Å². The number of sulfonamides is 1. The van der Waals surface area contributed by atoms with E-state index >= 15 is 0 Å². The fraction of sp³-hybridized carbons (Fsp3) is 0.167. The molecule has 1 aliphatic rings. The molecule has 0 atom stereocenters. The van der Waals surface area contributed by atoms with E-state index < -0.39 is 35.1 Å². The summed E-state index contributed by atoms with van der Waals surface area (Å²) < 4.78 is 31.1. The highest BCUT2D eigenvalue weighted by Gasteiger charge is 2.30. The number of fused-ring (bicyclic) bond motifs is 1. The molecule has 3 rings (SSSR count). The number of ether oxygens (including phenoxy) is 1. The number of nitrogens with zero attached hydrogens (tertiary/aromatic N) is 1. The predicted molar refractivity (Wildman–Crippen MR) is 104 cm³/mol. The van der Waals surface area contributed by atoms with Crippen molar-refractivity contribution in [3.63, 3.8) is 0 Å². The monoisotopic (exact) mass is 421 g/mol. The zero-order valence-corrected chi connectivity index (χ0v) is 16.3. The summed E-state index contributed by atoms with van der Waals surface area (Å²) in [5.41, 5.74) is 1.60. The first-order valence-electron chi connectivity index (χ1n) is 8.15. The molecule has 8 nitrogen and oxygen atoms in total. The number of amides is 1. The lowest BCUT2D eigenvalue weighted by atomic mass is 10.2. The molecule has 1 heterocycles. The number of benzene rings is 2. The predicted octanol–water partition coefficient (Wildman–Crippen LogP) is 1.87. The van der Waals surface area contributed by atoms with Gasteiger partial charge in [0, 0.05) is 16.3 Å². The second kappa shape index (κ2) is 7.99. The van der Waals surface area contributed by atoms with Crippen molar-refractivity contribution in [2.45, 2.75) is 11.8 Å². The molecule has 10 heteroatoms. The van der Waals surface area contributed by atoms with E-state index in [9.17, 15) is 18.0 Å². The van der Waals surface area contributed by atoms with Gasteiger partial charge in [0.1, 0.15) is 12.4 Å². The molecule has 146 valence electrons. The standard InChI is InChI=1S/C18H16ClN3O5S/c1-11-13(19)6-4-7-14(11)21-16(23)10-27-17(24)9-20-18-12-5-2-3-8-15(12)28(25,26)22-18/h2-8H,9-10H2,1H3,(H,20,22)(H,21,23). The van der Waals surface area contributed by atoms with Crippen LogP contribution in [0.2, 0.25) is 5.02 Å². The van der Waals surface area contributed by atoms with E-state index in [1.165, 1.54) is 6.07 Å². The molecule has 2 aromatic rings. The fourth-order valence-corrected chi connectivity index (χ4v) is 3.94. The topological polar surface area (TPSA) is 114 Å². The lowest BCUT2D eigenvalue weighted by Crippen LogP contribution is -2.25. The van der Waals surface area contributed by atoms with Crippen molar-refractivity contribution < 1.29 is 22.7 Å². The van der Waals surface area contributed by atoms with Crippen LogP contribution in [-0.4, -0.2) is 39.3 Å². The summed E-state index contributed by atoms with van der Waals surface area (Å²) in [6, 6.07) is 11.3. The van der Waals surface area contributed by atoms with Crippen LogP contribution in [-0.2, 0) is 24.3 Å². The average Bonchev–Trinajstić information content (AvgIpc) is 2.93. The Hall–Kier alpha value is -2.91. The van der Waals surface area contributed by atoms with Crippen molar-refractivity contribution in [2.75, 3.05) is 18.5 Å². The molecule has 1 aliphatic heterocycles. The number of carbonyl (C=O) groups excluding carboxylic acids is 2. The molecule has 0 fully saturated rings. The summed E-state index contributed by atoms with van der Waals surface area (Å²) >= 11 is 5.98. The second-order valence-electron chi connectivity index (χ2n) is 5.89. The Labute approximate surface area is 166 Å². The summed E-state index contributed by atoms with van der Waals surface area (Å²) in [4.78, 5) is 27.8. The van der Waals surface area contributed by atoms with E-state index in [0.29, 0.717) is 21.8 Å². The van der Waals surface area contributed by atoms with Crippen molar-refractivity contribution in [3.8, 4) is 0 Å². The maximum Gasteiger partial charge on any atom is 0.328 e. The Morgan fingerprint density at radius 2 is 1.93 bits per heavy atom. The number of aliphatic imine (C=N–C) groups is 1.